The van der Waals surface area contributed by atoms with Crippen LogP contribution < -0.4 is 10.6 Å². The summed E-state index contributed by atoms with van der Waals surface area (Å²) in [6, 6.07) is 4.40. The quantitative estimate of drug-likeness (QED) is 0.851. The molecule has 0 heterocycles. The van der Waals surface area contributed by atoms with Crippen molar-refractivity contribution in [1.29, 1.82) is 0 Å². The topological polar surface area (TPSA) is 29.3 Å². The second kappa shape index (κ2) is 6.22. The summed E-state index contributed by atoms with van der Waals surface area (Å²) in [5, 5.41) is 0. The van der Waals surface area contributed by atoms with Gasteiger partial charge in [-0.1, -0.05) is 31.5 Å². The van der Waals surface area contributed by atoms with Crippen LogP contribution in [0, 0.1) is 0 Å². The zero-order chi connectivity index (χ0) is 15.6. The van der Waals surface area contributed by atoms with Crippen LogP contribution in [-0.2, 0) is 6.18 Å². The van der Waals surface area contributed by atoms with Crippen molar-refractivity contribution in [2.24, 2.45) is 5.73 Å². The molecule has 0 aromatic heterocycles. The van der Waals surface area contributed by atoms with Gasteiger partial charge in [0.1, 0.15) is 4.99 Å². The molecule has 116 valence electrons. The van der Waals surface area contributed by atoms with Gasteiger partial charge in [-0.05, 0) is 31.0 Å². The Balaban J connectivity index is 2.33. The van der Waals surface area contributed by atoms with Crippen LogP contribution in [0.1, 0.15) is 43.2 Å². The van der Waals surface area contributed by atoms with Crippen LogP contribution in [0.5, 0.6) is 0 Å². The molecule has 0 radical (unpaired) electrons. The van der Waals surface area contributed by atoms with Gasteiger partial charge in [-0.15, -0.1) is 0 Å². The molecule has 6 heteroatoms. The Morgan fingerprint density at radius 2 is 1.86 bits per heavy atom. The van der Waals surface area contributed by atoms with Crippen LogP contribution in [0.25, 0.3) is 0 Å². The van der Waals surface area contributed by atoms with Gasteiger partial charge in [-0.3, -0.25) is 0 Å². The number of hydrogen-bond acceptors (Lipinski definition) is 2. The van der Waals surface area contributed by atoms with Gasteiger partial charge in [0.15, 0.2) is 0 Å². The Morgan fingerprint density at radius 3 is 2.38 bits per heavy atom. The van der Waals surface area contributed by atoms with E-state index in [1.54, 1.807) is 0 Å². The average molecular weight is 316 g/mol. The van der Waals surface area contributed by atoms with E-state index in [9.17, 15) is 13.2 Å². The summed E-state index contributed by atoms with van der Waals surface area (Å²) in [7, 11) is 1.92. The first-order valence-corrected chi connectivity index (χ1v) is 7.45. The van der Waals surface area contributed by atoms with Crippen molar-refractivity contribution >= 4 is 22.9 Å². The van der Waals surface area contributed by atoms with Crippen molar-refractivity contribution < 1.29 is 13.2 Å². The lowest BCUT2D eigenvalue weighted by atomic mass is 9.94. The van der Waals surface area contributed by atoms with Gasteiger partial charge in [0.25, 0.3) is 0 Å². The number of halogens is 3. The third-order valence-corrected chi connectivity index (χ3v) is 4.32. The lowest BCUT2D eigenvalue weighted by Crippen LogP contribution is -2.33. The van der Waals surface area contributed by atoms with Gasteiger partial charge in [0, 0.05) is 24.3 Å². The smallest absolute Gasteiger partial charge is 0.389 e. The summed E-state index contributed by atoms with van der Waals surface area (Å²) in [5.74, 6) is 0. The fourth-order valence-electron chi connectivity index (χ4n) is 2.88. The van der Waals surface area contributed by atoms with Crippen molar-refractivity contribution in [2.75, 3.05) is 11.9 Å². The molecule has 1 saturated carbocycles. The maximum atomic E-state index is 13.0. The fourth-order valence-corrected chi connectivity index (χ4v) is 3.05. The number of alkyl halides is 3. The molecule has 1 fully saturated rings. The Hall–Kier alpha value is -1.30. The molecule has 21 heavy (non-hydrogen) atoms. The normalized spacial score (nSPS) is 16.8. The van der Waals surface area contributed by atoms with Crippen molar-refractivity contribution in [2.45, 2.75) is 44.3 Å². The Labute approximate surface area is 128 Å². The van der Waals surface area contributed by atoms with Crippen molar-refractivity contribution in [3.05, 3.63) is 29.3 Å². The molecule has 0 bridgehead atoms. The van der Waals surface area contributed by atoms with Crippen LogP contribution in [-0.4, -0.2) is 18.1 Å². The van der Waals surface area contributed by atoms with Gasteiger partial charge in [-0.2, -0.15) is 13.2 Å². The summed E-state index contributed by atoms with van der Waals surface area (Å²) in [4.78, 5) is 1.82. The monoisotopic (exact) mass is 316 g/mol. The number of nitrogens with two attached hydrogens (primary N) is 1. The Morgan fingerprint density at radius 1 is 1.24 bits per heavy atom. The summed E-state index contributed by atoms with van der Waals surface area (Å²) in [6.07, 6.45) is 1.26. The minimum absolute atomic E-state index is 0.0994. The predicted molar refractivity (Wildman–Crippen MR) is 82.6 cm³/mol. The van der Waals surface area contributed by atoms with Crippen LogP contribution >= 0.6 is 12.2 Å². The molecular weight excluding hydrogens is 297 g/mol. The third-order valence-electron chi connectivity index (χ3n) is 4.10. The van der Waals surface area contributed by atoms with Crippen LogP contribution in [0.15, 0.2) is 18.2 Å². The van der Waals surface area contributed by atoms with Crippen molar-refractivity contribution in [3.63, 3.8) is 0 Å². The standard InChI is InChI=1S/C15H19F3N2S/c1-20(10-5-3-2-4-6-10)11-7-8-13(15(16,17)18)12(9-11)14(19)21/h7-10H,2-6H2,1H3,(H2,19,21). The van der Waals surface area contributed by atoms with E-state index in [4.69, 9.17) is 18.0 Å². The van der Waals surface area contributed by atoms with Gasteiger partial charge < -0.3 is 10.6 Å². The molecular formula is C15H19F3N2S. The molecule has 0 saturated heterocycles. The predicted octanol–water partition coefficient (Wildman–Crippen LogP) is 4.11. The van der Waals surface area contributed by atoms with E-state index < -0.39 is 11.7 Å². The molecule has 1 aliphatic rings. The highest BCUT2D eigenvalue weighted by molar-refractivity contribution is 7.80. The first-order chi connectivity index (χ1) is 9.80. The zero-order valence-electron chi connectivity index (χ0n) is 11.9. The lowest BCUT2D eigenvalue weighted by Gasteiger charge is -2.33. The minimum Gasteiger partial charge on any atom is -0.389 e. The highest BCUT2D eigenvalue weighted by Gasteiger charge is 2.34. The number of nitrogens with zero attached hydrogens (tertiary/aromatic N) is 1. The first kappa shape index (κ1) is 16.1. The van der Waals surface area contributed by atoms with Crippen LogP contribution in [0.4, 0.5) is 18.9 Å². The van der Waals surface area contributed by atoms with Gasteiger partial charge in [0.2, 0.25) is 0 Å². The molecule has 0 amide bonds. The number of hydrogen-bond donors (Lipinski definition) is 1. The van der Waals surface area contributed by atoms with E-state index in [0.29, 0.717) is 6.04 Å². The average Bonchev–Trinajstić information content (AvgIpc) is 2.45. The fraction of sp³-hybridized carbons (Fsp3) is 0.533. The molecule has 0 spiro atoms. The Kier molecular flexibility index (Phi) is 4.76. The van der Waals surface area contributed by atoms with E-state index in [2.05, 4.69) is 0 Å². The highest BCUT2D eigenvalue weighted by Crippen LogP contribution is 2.35. The summed E-state index contributed by atoms with van der Waals surface area (Å²) in [6.45, 7) is 0. The molecule has 1 aliphatic carbocycles. The lowest BCUT2D eigenvalue weighted by molar-refractivity contribution is -0.137. The zero-order valence-corrected chi connectivity index (χ0v) is 12.7. The van der Waals surface area contributed by atoms with Crippen LogP contribution in [0.3, 0.4) is 0 Å². The van der Waals surface area contributed by atoms with Gasteiger partial charge >= 0.3 is 6.18 Å². The maximum Gasteiger partial charge on any atom is 0.417 e. The van der Waals surface area contributed by atoms with Crippen LogP contribution in [0.2, 0.25) is 0 Å². The Bertz CT molecular complexity index is 522. The van der Waals surface area contributed by atoms with E-state index in [1.807, 2.05) is 11.9 Å². The van der Waals surface area contributed by atoms with Gasteiger partial charge in [-0.25, -0.2) is 0 Å². The minimum atomic E-state index is -4.44. The summed E-state index contributed by atoms with van der Waals surface area (Å²) >= 11 is 4.78. The molecule has 2 nitrogen and oxygen atoms in total. The molecule has 2 N–H and O–H groups in total. The summed E-state index contributed by atoms with van der Waals surface area (Å²) < 4.78 is 38.9. The van der Waals surface area contributed by atoms with E-state index >= 15 is 0 Å². The number of rotatable bonds is 3. The first-order valence-electron chi connectivity index (χ1n) is 7.04. The largest absolute Gasteiger partial charge is 0.417 e. The second-order valence-electron chi connectivity index (χ2n) is 5.49. The number of thiocarbonyl (C=S) groups is 1. The van der Waals surface area contributed by atoms with E-state index in [-0.39, 0.29) is 10.6 Å². The van der Waals surface area contributed by atoms with E-state index in [1.165, 1.54) is 18.6 Å². The molecule has 0 atom stereocenters. The van der Waals surface area contributed by atoms with Crippen molar-refractivity contribution in [3.8, 4) is 0 Å². The molecule has 1 aromatic rings. The number of benzene rings is 1. The number of anilines is 1. The van der Waals surface area contributed by atoms with Crippen molar-refractivity contribution in [1.82, 2.24) is 0 Å². The highest BCUT2D eigenvalue weighted by atomic mass is 32.1. The summed E-state index contributed by atoms with van der Waals surface area (Å²) in [5.41, 5.74) is 5.34. The molecule has 0 unspecified atom stereocenters. The third kappa shape index (κ3) is 3.67. The van der Waals surface area contributed by atoms with E-state index in [0.717, 1.165) is 37.4 Å². The SMILES string of the molecule is CN(c1ccc(C(F)(F)F)c(C(N)=S)c1)C1CCCCC1. The molecule has 1 aromatic carbocycles. The van der Waals surface area contributed by atoms with Gasteiger partial charge in [0.05, 0.1) is 5.56 Å². The second-order valence-corrected chi connectivity index (χ2v) is 5.93. The molecule has 2 rings (SSSR count). The molecule has 0 aliphatic heterocycles. The maximum absolute atomic E-state index is 13.0.